The van der Waals surface area contributed by atoms with Gasteiger partial charge in [0, 0.05) is 31.5 Å². The minimum absolute atomic E-state index is 0.347. The summed E-state index contributed by atoms with van der Waals surface area (Å²) >= 11 is 3.34. The van der Waals surface area contributed by atoms with E-state index in [1.165, 1.54) is 11.1 Å². The van der Waals surface area contributed by atoms with E-state index in [-0.39, 0.29) is 6.09 Å². The molecule has 0 aliphatic rings. The molecule has 0 aliphatic heterocycles. The van der Waals surface area contributed by atoms with E-state index in [2.05, 4.69) is 50.4 Å². The molecule has 0 bridgehead atoms. The number of rotatable bonds is 10. The van der Waals surface area contributed by atoms with Crippen LogP contribution in [0.5, 0.6) is 0 Å². The Hall–Kier alpha value is -1.85. The summed E-state index contributed by atoms with van der Waals surface area (Å²) in [6.07, 6.45) is 0.545. The lowest BCUT2D eigenvalue weighted by molar-refractivity contribution is 0.123. The van der Waals surface area contributed by atoms with Crippen LogP contribution in [0, 0.1) is 0 Å². The zero-order valence-corrected chi connectivity index (χ0v) is 16.0. The van der Waals surface area contributed by atoms with Crippen LogP contribution in [0.4, 0.5) is 4.79 Å². The smallest absolute Gasteiger partial charge is 0.407 e. The third kappa shape index (κ3) is 8.18. The number of hydrogen-bond acceptors (Lipinski definition) is 3. The van der Waals surface area contributed by atoms with E-state index in [0.29, 0.717) is 19.7 Å². The lowest BCUT2D eigenvalue weighted by Gasteiger charge is -2.22. The minimum Gasteiger partial charge on any atom is -0.448 e. The molecule has 0 spiro atoms. The third-order valence-corrected chi connectivity index (χ3v) is 4.28. The summed E-state index contributed by atoms with van der Waals surface area (Å²) in [5.41, 5.74) is 2.50. The molecule has 2 aromatic rings. The van der Waals surface area contributed by atoms with Crippen LogP contribution in [0.25, 0.3) is 0 Å². The van der Waals surface area contributed by atoms with E-state index >= 15 is 0 Å². The maximum absolute atomic E-state index is 11.6. The van der Waals surface area contributed by atoms with Gasteiger partial charge in [0.2, 0.25) is 0 Å². The molecule has 2 rings (SSSR count). The van der Waals surface area contributed by atoms with Crippen molar-refractivity contribution in [3.05, 3.63) is 71.8 Å². The second-order valence-electron chi connectivity index (χ2n) is 5.79. The Morgan fingerprint density at radius 1 is 0.960 bits per heavy atom. The summed E-state index contributed by atoms with van der Waals surface area (Å²) in [6, 6.07) is 20.7. The van der Waals surface area contributed by atoms with Gasteiger partial charge in [-0.25, -0.2) is 4.79 Å². The van der Waals surface area contributed by atoms with Gasteiger partial charge in [-0.15, -0.1) is 0 Å². The Morgan fingerprint density at radius 3 is 2.04 bits per heavy atom. The molecule has 25 heavy (non-hydrogen) atoms. The Morgan fingerprint density at radius 2 is 1.52 bits per heavy atom. The van der Waals surface area contributed by atoms with Crippen LogP contribution in [-0.2, 0) is 17.8 Å². The molecular formula is C20H25BrN2O2. The van der Waals surface area contributed by atoms with E-state index in [9.17, 15) is 4.79 Å². The Labute approximate surface area is 158 Å². The quantitative estimate of drug-likeness (QED) is 0.476. The molecule has 0 saturated heterocycles. The topological polar surface area (TPSA) is 41.6 Å². The van der Waals surface area contributed by atoms with Crippen molar-refractivity contribution in [1.29, 1.82) is 0 Å². The largest absolute Gasteiger partial charge is 0.448 e. The number of nitrogens with one attached hydrogen (secondary N) is 1. The summed E-state index contributed by atoms with van der Waals surface area (Å²) < 4.78 is 5.29. The molecule has 0 atom stereocenters. The Bertz CT molecular complexity index is 566. The highest BCUT2D eigenvalue weighted by Crippen LogP contribution is 2.09. The number of hydrogen-bond donors (Lipinski definition) is 1. The van der Waals surface area contributed by atoms with Crippen molar-refractivity contribution >= 4 is 22.0 Å². The first-order valence-corrected chi connectivity index (χ1v) is 9.67. The third-order valence-electron chi connectivity index (χ3n) is 3.72. The standard InChI is InChI=1S/C20H25BrN2O2/c21-12-7-13-22-20(24)25-15-14-23(16-18-8-3-1-4-9-18)17-19-10-5-2-6-11-19/h1-6,8-11H,7,12-17H2,(H,22,24). The molecule has 0 aromatic heterocycles. The molecule has 0 saturated carbocycles. The van der Waals surface area contributed by atoms with E-state index in [0.717, 1.165) is 24.8 Å². The van der Waals surface area contributed by atoms with Crippen molar-refractivity contribution in [2.75, 3.05) is 25.0 Å². The van der Waals surface area contributed by atoms with Crippen molar-refractivity contribution in [3.8, 4) is 0 Å². The molecule has 1 N–H and O–H groups in total. The number of benzene rings is 2. The van der Waals surface area contributed by atoms with Crippen LogP contribution in [0.3, 0.4) is 0 Å². The zero-order valence-electron chi connectivity index (χ0n) is 14.4. The first-order valence-electron chi connectivity index (χ1n) is 8.54. The van der Waals surface area contributed by atoms with Crippen molar-refractivity contribution in [2.24, 2.45) is 0 Å². The summed E-state index contributed by atoms with van der Waals surface area (Å²) in [6.45, 7) is 3.34. The van der Waals surface area contributed by atoms with Gasteiger partial charge < -0.3 is 10.1 Å². The molecule has 0 heterocycles. The van der Waals surface area contributed by atoms with Gasteiger partial charge >= 0.3 is 6.09 Å². The summed E-state index contributed by atoms with van der Waals surface area (Å²) in [5.74, 6) is 0. The van der Waals surface area contributed by atoms with Gasteiger partial charge in [0.05, 0.1) is 0 Å². The highest BCUT2D eigenvalue weighted by molar-refractivity contribution is 9.09. The number of halogens is 1. The van der Waals surface area contributed by atoms with Gasteiger partial charge in [0.15, 0.2) is 0 Å². The van der Waals surface area contributed by atoms with Crippen LogP contribution >= 0.6 is 15.9 Å². The van der Waals surface area contributed by atoms with Gasteiger partial charge in [-0.05, 0) is 17.5 Å². The number of carbonyl (C=O) groups excluding carboxylic acids is 1. The average Bonchev–Trinajstić information content (AvgIpc) is 2.63. The number of alkyl halides is 1. The fourth-order valence-corrected chi connectivity index (χ4v) is 2.75. The molecule has 4 nitrogen and oxygen atoms in total. The monoisotopic (exact) mass is 404 g/mol. The van der Waals surface area contributed by atoms with E-state index in [1.54, 1.807) is 0 Å². The van der Waals surface area contributed by atoms with Crippen LogP contribution in [-0.4, -0.2) is 36.0 Å². The number of carbonyl (C=O) groups is 1. The first kappa shape index (κ1) is 19.5. The maximum atomic E-state index is 11.6. The van der Waals surface area contributed by atoms with Gasteiger partial charge in [-0.2, -0.15) is 0 Å². The maximum Gasteiger partial charge on any atom is 0.407 e. The Balaban J connectivity index is 1.84. The average molecular weight is 405 g/mol. The molecule has 1 amide bonds. The lowest BCUT2D eigenvalue weighted by Crippen LogP contribution is -2.31. The summed E-state index contributed by atoms with van der Waals surface area (Å²) in [5, 5.41) is 3.62. The van der Waals surface area contributed by atoms with E-state index in [1.807, 2.05) is 36.4 Å². The summed E-state index contributed by atoms with van der Waals surface area (Å²) in [4.78, 5) is 13.9. The number of alkyl carbamates (subject to hydrolysis) is 1. The van der Waals surface area contributed by atoms with E-state index in [4.69, 9.17) is 4.74 Å². The van der Waals surface area contributed by atoms with Crippen LogP contribution in [0.1, 0.15) is 17.5 Å². The first-order chi connectivity index (χ1) is 12.3. The lowest BCUT2D eigenvalue weighted by atomic mass is 10.1. The van der Waals surface area contributed by atoms with Gasteiger partial charge in [0.1, 0.15) is 6.61 Å². The van der Waals surface area contributed by atoms with Gasteiger partial charge in [0.25, 0.3) is 0 Å². The van der Waals surface area contributed by atoms with Crippen molar-refractivity contribution in [1.82, 2.24) is 10.2 Å². The molecular weight excluding hydrogens is 380 g/mol. The number of ether oxygens (including phenoxy) is 1. The fraction of sp³-hybridized carbons (Fsp3) is 0.350. The molecule has 0 fully saturated rings. The van der Waals surface area contributed by atoms with E-state index < -0.39 is 0 Å². The second-order valence-corrected chi connectivity index (χ2v) is 6.58. The zero-order chi connectivity index (χ0) is 17.7. The van der Waals surface area contributed by atoms with Crippen molar-refractivity contribution in [3.63, 3.8) is 0 Å². The molecule has 5 heteroatoms. The van der Waals surface area contributed by atoms with Crippen molar-refractivity contribution in [2.45, 2.75) is 19.5 Å². The Kier molecular flexibility index (Phi) is 9.08. The second kappa shape index (κ2) is 11.7. The predicted octanol–water partition coefficient (Wildman–Crippen LogP) is 4.20. The SMILES string of the molecule is O=C(NCCCBr)OCCN(Cc1ccccc1)Cc1ccccc1. The predicted molar refractivity (Wildman–Crippen MR) is 105 cm³/mol. The van der Waals surface area contributed by atoms with Gasteiger partial charge in [-0.3, -0.25) is 4.90 Å². The molecule has 0 unspecified atom stereocenters. The fourth-order valence-electron chi connectivity index (χ4n) is 2.47. The summed E-state index contributed by atoms with van der Waals surface area (Å²) in [7, 11) is 0. The number of amides is 1. The van der Waals surface area contributed by atoms with Gasteiger partial charge in [-0.1, -0.05) is 76.6 Å². The highest BCUT2D eigenvalue weighted by atomic mass is 79.9. The molecule has 134 valence electrons. The van der Waals surface area contributed by atoms with Crippen LogP contribution in [0.15, 0.2) is 60.7 Å². The normalized spacial score (nSPS) is 10.6. The number of nitrogens with zero attached hydrogens (tertiary/aromatic N) is 1. The minimum atomic E-state index is -0.347. The molecule has 2 aromatic carbocycles. The van der Waals surface area contributed by atoms with Crippen molar-refractivity contribution < 1.29 is 9.53 Å². The van der Waals surface area contributed by atoms with Crippen LogP contribution < -0.4 is 5.32 Å². The molecule has 0 radical (unpaired) electrons. The van der Waals surface area contributed by atoms with Crippen LogP contribution in [0.2, 0.25) is 0 Å². The highest BCUT2D eigenvalue weighted by Gasteiger charge is 2.09. The molecule has 0 aliphatic carbocycles.